The van der Waals surface area contributed by atoms with Gasteiger partial charge in [0, 0.05) is 40.0 Å². The zero-order chi connectivity index (χ0) is 28.3. The van der Waals surface area contributed by atoms with Crippen molar-refractivity contribution < 1.29 is 4.42 Å². The first-order valence-corrected chi connectivity index (χ1v) is 13.6. The lowest BCUT2D eigenvalue weighted by atomic mass is 9.91. The van der Waals surface area contributed by atoms with E-state index in [4.69, 9.17) is 9.41 Å². The van der Waals surface area contributed by atoms with Gasteiger partial charge in [-0.2, -0.15) is 0 Å². The Kier molecular flexibility index (Phi) is 8.40. The first-order valence-electron chi connectivity index (χ1n) is 13.6. The van der Waals surface area contributed by atoms with Crippen LogP contribution in [-0.2, 0) is 0 Å². The van der Waals surface area contributed by atoms with Crippen LogP contribution in [0.1, 0.15) is 61.0 Å². The summed E-state index contributed by atoms with van der Waals surface area (Å²) in [7, 11) is 0. The molecule has 0 amide bonds. The molecule has 1 aliphatic heterocycles. The summed E-state index contributed by atoms with van der Waals surface area (Å²) < 4.78 is 6.63. The maximum Gasteiger partial charge on any atom is 0.137 e. The molecule has 1 aliphatic carbocycles. The Labute approximate surface area is 233 Å². The maximum atomic E-state index is 6.63. The molecule has 0 fully saturated rings. The van der Waals surface area contributed by atoms with Gasteiger partial charge in [0.15, 0.2) is 0 Å². The summed E-state index contributed by atoms with van der Waals surface area (Å²) in [6.07, 6.45) is 4.23. The van der Waals surface area contributed by atoms with Gasteiger partial charge in [-0.3, -0.25) is 0 Å². The molecule has 0 saturated carbocycles. The number of hydrogen-bond acceptors (Lipinski definition) is 3. The zero-order valence-corrected chi connectivity index (χ0v) is 24.8. The molecule has 0 bridgehead atoms. The lowest BCUT2D eigenvalue weighted by Crippen LogP contribution is -2.05. The fourth-order valence-corrected chi connectivity index (χ4v) is 4.94. The molecular formula is C36H40N2O. The van der Waals surface area contributed by atoms with Gasteiger partial charge in [-0.25, -0.2) is 4.99 Å². The average Bonchev–Trinajstić information content (AvgIpc) is 2.92. The minimum Gasteiger partial charge on any atom is -0.456 e. The first-order chi connectivity index (χ1) is 18.6. The van der Waals surface area contributed by atoms with Gasteiger partial charge in [-0.15, -0.1) is 0 Å². The molecule has 2 aliphatic rings. The van der Waals surface area contributed by atoms with Crippen molar-refractivity contribution in [3.63, 3.8) is 0 Å². The molecular weight excluding hydrogens is 476 g/mol. The summed E-state index contributed by atoms with van der Waals surface area (Å²) in [5.41, 5.74) is 13.5. The van der Waals surface area contributed by atoms with Gasteiger partial charge in [0.05, 0.1) is 11.1 Å². The second-order valence-corrected chi connectivity index (χ2v) is 10.6. The largest absolute Gasteiger partial charge is 0.456 e. The Hall–Kier alpha value is -4.11. The minimum absolute atomic E-state index is 0.817. The average molecular weight is 517 g/mol. The molecule has 0 aromatic heterocycles. The second-order valence-electron chi connectivity index (χ2n) is 10.6. The molecule has 200 valence electrons. The number of hydrogen-bond donors (Lipinski definition) is 1. The Balaban J connectivity index is 2.02. The minimum atomic E-state index is 0.817. The number of anilines is 1. The quantitative estimate of drug-likeness (QED) is 0.204. The SMILES string of the molecule is C/C=C(/C)C(/N=c1\ccc2c(-c3ccccc3C)c3ccc(NC(=C(C)C)/C(C)=C\C)cc3oc-2c1)=C(C)C. The molecule has 0 atom stereocenters. The van der Waals surface area contributed by atoms with Crippen LogP contribution in [0.2, 0.25) is 0 Å². The number of nitrogens with one attached hydrogen (secondary N) is 1. The van der Waals surface area contributed by atoms with E-state index in [1.807, 2.05) is 6.92 Å². The van der Waals surface area contributed by atoms with Crippen LogP contribution in [0, 0.1) is 6.92 Å². The molecule has 1 N–H and O–H groups in total. The van der Waals surface area contributed by atoms with Crippen LogP contribution in [0.5, 0.6) is 0 Å². The molecule has 4 rings (SSSR count). The van der Waals surface area contributed by atoms with E-state index in [2.05, 4.69) is 134 Å². The monoisotopic (exact) mass is 516 g/mol. The Morgan fingerprint density at radius 3 is 2.13 bits per heavy atom. The third-order valence-corrected chi connectivity index (χ3v) is 7.24. The molecule has 0 spiro atoms. The van der Waals surface area contributed by atoms with Crippen molar-refractivity contribution in [2.24, 2.45) is 4.99 Å². The van der Waals surface area contributed by atoms with E-state index < -0.39 is 0 Å². The van der Waals surface area contributed by atoms with Crippen molar-refractivity contribution in [2.75, 3.05) is 5.32 Å². The van der Waals surface area contributed by atoms with Gasteiger partial charge in [0.25, 0.3) is 0 Å². The van der Waals surface area contributed by atoms with Gasteiger partial charge in [-0.1, -0.05) is 47.6 Å². The standard InChI is InChI=1S/C36H40N2O/c1-10-24(7)35(22(3)4)37-27-16-18-30-32(20-27)39-33-21-28(38-36(23(5)6)25(8)11-2)17-19-31(33)34(30)29-15-13-12-14-26(29)9/h10-21,37H,1-9H3/b24-10-,25-11-,38-28+. The van der Waals surface area contributed by atoms with Crippen LogP contribution in [-0.4, -0.2) is 0 Å². The van der Waals surface area contributed by atoms with Crippen LogP contribution in [0.25, 0.3) is 33.4 Å². The molecule has 2 aromatic rings. The summed E-state index contributed by atoms with van der Waals surface area (Å²) in [5, 5.41) is 5.59. The Morgan fingerprint density at radius 2 is 1.49 bits per heavy atom. The molecule has 3 heteroatoms. The van der Waals surface area contributed by atoms with E-state index in [1.165, 1.54) is 33.4 Å². The van der Waals surface area contributed by atoms with Gasteiger partial charge in [-0.05, 0) is 109 Å². The normalized spacial score (nSPS) is 12.7. The lowest BCUT2D eigenvalue weighted by Gasteiger charge is -2.19. The summed E-state index contributed by atoms with van der Waals surface area (Å²) >= 11 is 0. The van der Waals surface area contributed by atoms with Crippen LogP contribution in [0.4, 0.5) is 5.69 Å². The fraction of sp³-hybridized carbons (Fsp3) is 0.250. The fourth-order valence-electron chi connectivity index (χ4n) is 4.94. The molecule has 0 unspecified atom stereocenters. The van der Waals surface area contributed by atoms with E-state index in [0.29, 0.717) is 0 Å². The van der Waals surface area contributed by atoms with Crippen molar-refractivity contribution in [3.8, 4) is 22.5 Å². The maximum absolute atomic E-state index is 6.63. The number of fused-ring (bicyclic) bond motifs is 2. The zero-order valence-electron chi connectivity index (χ0n) is 24.8. The van der Waals surface area contributed by atoms with Crippen LogP contribution in [0.15, 0.2) is 116 Å². The predicted octanol–water partition coefficient (Wildman–Crippen LogP) is 10.3. The summed E-state index contributed by atoms with van der Waals surface area (Å²) in [6, 6.07) is 21.3. The predicted molar refractivity (Wildman–Crippen MR) is 168 cm³/mol. The van der Waals surface area contributed by atoms with E-state index in [9.17, 15) is 0 Å². The van der Waals surface area contributed by atoms with Crippen LogP contribution >= 0.6 is 0 Å². The highest BCUT2D eigenvalue weighted by molar-refractivity contribution is 6.03. The van der Waals surface area contributed by atoms with E-state index in [0.717, 1.165) is 50.3 Å². The van der Waals surface area contributed by atoms with Crippen molar-refractivity contribution in [1.82, 2.24) is 0 Å². The molecule has 0 saturated heterocycles. The molecule has 2 aromatic carbocycles. The number of rotatable bonds is 6. The second kappa shape index (κ2) is 11.7. The number of nitrogens with zero attached hydrogens (tertiary/aromatic N) is 1. The van der Waals surface area contributed by atoms with Gasteiger partial charge < -0.3 is 9.73 Å². The van der Waals surface area contributed by atoms with Gasteiger partial charge in [0.1, 0.15) is 11.3 Å². The highest BCUT2D eigenvalue weighted by Gasteiger charge is 2.19. The smallest absolute Gasteiger partial charge is 0.137 e. The topological polar surface area (TPSA) is 37.5 Å². The third kappa shape index (κ3) is 5.83. The molecule has 1 heterocycles. The number of benzene rings is 3. The highest BCUT2D eigenvalue weighted by Crippen LogP contribution is 2.41. The Bertz CT molecular complexity index is 1700. The van der Waals surface area contributed by atoms with Crippen LogP contribution < -0.4 is 10.7 Å². The van der Waals surface area contributed by atoms with E-state index in [1.54, 1.807) is 0 Å². The van der Waals surface area contributed by atoms with Crippen LogP contribution in [0.3, 0.4) is 0 Å². The lowest BCUT2D eigenvalue weighted by molar-refractivity contribution is 0.619. The molecule has 0 radical (unpaired) electrons. The molecule has 39 heavy (non-hydrogen) atoms. The van der Waals surface area contributed by atoms with Crippen molar-refractivity contribution in [1.29, 1.82) is 0 Å². The molecule has 3 nitrogen and oxygen atoms in total. The van der Waals surface area contributed by atoms with E-state index in [-0.39, 0.29) is 0 Å². The third-order valence-electron chi connectivity index (χ3n) is 7.24. The number of allylic oxidation sites excluding steroid dienone is 6. The van der Waals surface area contributed by atoms with Crippen molar-refractivity contribution in [2.45, 2.75) is 62.3 Å². The van der Waals surface area contributed by atoms with Gasteiger partial charge in [0.2, 0.25) is 0 Å². The summed E-state index contributed by atoms with van der Waals surface area (Å²) in [4.78, 5) is 5.01. The summed E-state index contributed by atoms with van der Waals surface area (Å²) in [5.74, 6) is 0.817. The Morgan fingerprint density at radius 1 is 0.769 bits per heavy atom. The van der Waals surface area contributed by atoms with Gasteiger partial charge >= 0.3 is 0 Å². The first kappa shape index (κ1) is 27.9. The van der Waals surface area contributed by atoms with Crippen molar-refractivity contribution in [3.05, 3.63) is 117 Å². The summed E-state index contributed by atoms with van der Waals surface area (Å²) in [6.45, 7) is 19.0. The van der Waals surface area contributed by atoms with Crippen molar-refractivity contribution >= 4 is 16.7 Å². The van der Waals surface area contributed by atoms with E-state index >= 15 is 0 Å². The number of aryl methyl sites for hydroxylation is 1. The highest BCUT2D eigenvalue weighted by atomic mass is 16.3.